The molecule has 0 aliphatic heterocycles. The number of aliphatic carboxylic acids is 1. The van der Waals surface area contributed by atoms with Crippen LogP contribution in [0.4, 0.5) is 0 Å². The largest absolute Gasteiger partial charge is 0.479 e. The van der Waals surface area contributed by atoms with Gasteiger partial charge in [-0.3, -0.25) is 4.79 Å². The Hall–Kier alpha value is -1.40. The Labute approximate surface area is 147 Å². The van der Waals surface area contributed by atoms with Crippen LogP contribution in [-0.4, -0.2) is 35.2 Å². The van der Waals surface area contributed by atoms with E-state index >= 15 is 0 Å². The number of hydrogen-bond acceptors (Lipinski definition) is 4. The second kappa shape index (κ2) is 7.23. The number of carboxylic acids is 1. The summed E-state index contributed by atoms with van der Waals surface area (Å²) in [5, 5.41) is 12.5. The highest BCUT2D eigenvalue weighted by Crippen LogP contribution is 2.51. The van der Waals surface area contributed by atoms with Gasteiger partial charge in [0.1, 0.15) is 5.54 Å². The Balaban J connectivity index is 1.91. The van der Waals surface area contributed by atoms with E-state index in [9.17, 15) is 14.7 Å². The van der Waals surface area contributed by atoms with Gasteiger partial charge in [0.15, 0.2) is 0 Å². The van der Waals surface area contributed by atoms with E-state index in [1.54, 1.807) is 11.3 Å². The fraction of sp³-hybridized carbons (Fsp3) is 0.667. The first-order valence-electron chi connectivity index (χ1n) is 8.44. The molecule has 0 aromatic carbocycles. The number of nitrogens with one attached hydrogen (secondary N) is 1. The molecule has 1 aliphatic carbocycles. The van der Waals surface area contributed by atoms with Crippen LogP contribution >= 0.6 is 11.3 Å². The molecule has 1 fully saturated rings. The standard InChI is InChI=1S/C18H27NO4S/c1-5-23-14-11-18(16(21)22,17(14,3)4)19-15(20)8-6-7-13-10-9-12(2)24-13/h9-10,14H,5-8,11H2,1-4H3,(H,19,20)(H,21,22). The zero-order chi connectivity index (χ0) is 18.0. The van der Waals surface area contributed by atoms with Crippen molar-refractivity contribution in [3.05, 3.63) is 21.9 Å². The van der Waals surface area contributed by atoms with Crippen LogP contribution in [0.3, 0.4) is 0 Å². The molecule has 6 heteroatoms. The number of ether oxygens (including phenoxy) is 1. The van der Waals surface area contributed by atoms with E-state index < -0.39 is 16.9 Å². The highest BCUT2D eigenvalue weighted by Gasteiger charge is 2.66. The third kappa shape index (κ3) is 3.49. The second-order valence-electron chi connectivity index (χ2n) is 6.99. The number of carbonyl (C=O) groups is 2. The van der Waals surface area contributed by atoms with E-state index in [0.29, 0.717) is 19.4 Å². The van der Waals surface area contributed by atoms with Gasteiger partial charge in [-0.05, 0) is 38.8 Å². The van der Waals surface area contributed by atoms with E-state index in [4.69, 9.17) is 4.74 Å². The number of hydrogen-bond donors (Lipinski definition) is 2. The first-order valence-corrected chi connectivity index (χ1v) is 9.26. The van der Waals surface area contributed by atoms with Crippen LogP contribution in [0.25, 0.3) is 0 Å². The van der Waals surface area contributed by atoms with Crippen LogP contribution < -0.4 is 5.32 Å². The van der Waals surface area contributed by atoms with Gasteiger partial charge in [0.05, 0.1) is 6.10 Å². The highest BCUT2D eigenvalue weighted by molar-refractivity contribution is 7.11. The van der Waals surface area contributed by atoms with Gasteiger partial charge in [0.25, 0.3) is 0 Å². The Morgan fingerprint density at radius 2 is 2.12 bits per heavy atom. The fourth-order valence-electron chi connectivity index (χ4n) is 3.38. The van der Waals surface area contributed by atoms with Crippen molar-refractivity contribution in [2.45, 2.75) is 65.0 Å². The molecule has 1 aromatic rings. The predicted molar refractivity (Wildman–Crippen MR) is 94.3 cm³/mol. The molecule has 5 nitrogen and oxygen atoms in total. The maximum absolute atomic E-state index is 12.3. The lowest BCUT2D eigenvalue weighted by atomic mass is 9.54. The summed E-state index contributed by atoms with van der Waals surface area (Å²) in [5.74, 6) is -1.18. The van der Waals surface area contributed by atoms with Crippen molar-refractivity contribution in [2.24, 2.45) is 5.41 Å². The summed E-state index contributed by atoms with van der Waals surface area (Å²) in [4.78, 5) is 26.6. The van der Waals surface area contributed by atoms with Gasteiger partial charge in [-0.25, -0.2) is 4.79 Å². The maximum atomic E-state index is 12.3. The third-order valence-corrected chi connectivity index (χ3v) is 6.17. The predicted octanol–water partition coefficient (Wildman–Crippen LogP) is 3.15. The zero-order valence-corrected chi connectivity index (χ0v) is 15.7. The lowest BCUT2D eigenvalue weighted by Crippen LogP contribution is -2.76. The fourth-order valence-corrected chi connectivity index (χ4v) is 4.31. The molecule has 0 spiro atoms. The number of thiophene rings is 1. The van der Waals surface area contributed by atoms with Gasteiger partial charge in [-0.2, -0.15) is 0 Å². The molecule has 1 aromatic heterocycles. The molecule has 1 saturated carbocycles. The van der Waals surface area contributed by atoms with E-state index in [2.05, 4.69) is 24.4 Å². The Morgan fingerprint density at radius 1 is 1.42 bits per heavy atom. The van der Waals surface area contributed by atoms with Gasteiger partial charge in [-0.1, -0.05) is 13.8 Å². The van der Waals surface area contributed by atoms with Crippen LogP contribution in [0.2, 0.25) is 0 Å². The molecule has 2 rings (SSSR count). The topological polar surface area (TPSA) is 75.6 Å². The molecule has 0 saturated heterocycles. The molecule has 0 radical (unpaired) electrons. The van der Waals surface area contributed by atoms with Crippen LogP contribution in [-0.2, 0) is 20.7 Å². The minimum atomic E-state index is -1.23. The van der Waals surface area contributed by atoms with Gasteiger partial charge >= 0.3 is 5.97 Å². The van der Waals surface area contributed by atoms with Gasteiger partial charge < -0.3 is 15.2 Å². The van der Waals surface area contributed by atoms with Crippen LogP contribution in [0.5, 0.6) is 0 Å². The highest BCUT2D eigenvalue weighted by atomic mass is 32.1. The number of carbonyl (C=O) groups excluding carboxylic acids is 1. The van der Waals surface area contributed by atoms with Crippen LogP contribution in [0, 0.1) is 12.3 Å². The smallest absolute Gasteiger partial charge is 0.330 e. The van der Waals surface area contributed by atoms with Gasteiger partial charge in [0.2, 0.25) is 5.91 Å². The first kappa shape index (κ1) is 18.9. The van der Waals surface area contributed by atoms with Crippen LogP contribution in [0.15, 0.2) is 12.1 Å². The molecule has 134 valence electrons. The van der Waals surface area contributed by atoms with E-state index in [1.807, 2.05) is 20.8 Å². The summed E-state index contributed by atoms with van der Waals surface area (Å²) in [7, 11) is 0. The molecule has 2 unspecified atom stereocenters. The number of amides is 1. The molecule has 0 bridgehead atoms. The maximum Gasteiger partial charge on any atom is 0.330 e. The summed E-state index contributed by atoms with van der Waals surface area (Å²) in [6.07, 6.45) is 2.07. The van der Waals surface area contributed by atoms with E-state index in [0.717, 1.165) is 12.8 Å². The van der Waals surface area contributed by atoms with Crippen molar-refractivity contribution in [2.75, 3.05) is 6.61 Å². The summed E-state index contributed by atoms with van der Waals surface area (Å²) >= 11 is 1.74. The van der Waals surface area contributed by atoms with Crippen molar-refractivity contribution in [3.63, 3.8) is 0 Å². The average Bonchev–Trinajstić information content (AvgIpc) is 2.91. The summed E-state index contributed by atoms with van der Waals surface area (Å²) in [5.41, 5.74) is -1.86. The summed E-state index contributed by atoms with van der Waals surface area (Å²) in [6.45, 7) is 8.18. The normalized spacial score (nSPS) is 25.1. The third-order valence-electron chi connectivity index (χ3n) is 5.11. The molecule has 2 N–H and O–H groups in total. The number of aryl methyl sites for hydroxylation is 2. The minimum absolute atomic E-state index is 0.145. The molecule has 2 atom stereocenters. The van der Waals surface area contributed by atoms with Crippen molar-refractivity contribution >= 4 is 23.2 Å². The zero-order valence-electron chi connectivity index (χ0n) is 14.8. The second-order valence-corrected chi connectivity index (χ2v) is 8.37. The SMILES string of the molecule is CCOC1CC(NC(=O)CCCc2ccc(C)s2)(C(=O)O)C1(C)C. The van der Waals surface area contributed by atoms with Gasteiger partial charge in [-0.15, -0.1) is 11.3 Å². The van der Waals surface area contributed by atoms with Crippen molar-refractivity contribution in [1.82, 2.24) is 5.32 Å². The summed E-state index contributed by atoms with van der Waals surface area (Å²) in [6, 6.07) is 4.16. The quantitative estimate of drug-likeness (QED) is 0.753. The Morgan fingerprint density at radius 3 is 2.62 bits per heavy atom. The Kier molecular flexibility index (Phi) is 5.71. The Bertz CT molecular complexity index is 610. The lowest BCUT2D eigenvalue weighted by Gasteiger charge is -2.58. The summed E-state index contributed by atoms with van der Waals surface area (Å²) < 4.78 is 5.61. The molecule has 1 heterocycles. The molecule has 1 aliphatic rings. The first-order chi connectivity index (χ1) is 11.2. The average molecular weight is 353 g/mol. The van der Waals surface area contributed by atoms with Crippen molar-refractivity contribution in [1.29, 1.82) is 0 Å². The molecular weight excluding hydrogens is 326 g/mol. The monoisotopic (exact) mass is 353 g/mol. The van der Waals surface area contributed by atoms with Crippen LogP contribution in [0.1, 0.15) is 49.8 Å². The number of carboxylic acid groups (broad SMARTS) is 1. The van der Waals surface area contributed by atoms with E-state index in [-0.39, 0.29) is 12.0 Å². The van der Waals surface area contributed by atoms with E-state index in [1.165, 1.54) is 9.75 Å². The molecular formula is C18H27NO4S. The number of rotatable bonds is 8. The van der Waals surface area contributed by atoms with Crippen molar-refractivity contribution in [3.8, 4) is 0 Å². The van der Waals surface area contributed by atoms with Crippen molar-refractivity contribution < 1.29 is 19.4 Å². The molecule has 24 heavy (non-hydrogen) atoms. The minimum Gasteiger partial charge on any atom is -0.479 e. The van der Waals surface area contributed by atoms with Gasteiger partial charge in [0, 0.05) is 34.6 Å². The lowest BCUT2D eigenvalue weighted by molar-refractivity contribution is -0.194. The molecule has 1 amide bonds.